The molecular formula is C28H25NO4. The van der Waals surface area contributed by atoms with E-state index in [1.54, 1.807) is 18.2 Å². The summed E-state index contributed by atoms with van der Waals surface area (Å²) in [6.07, 6.45) is 3.69. The fourth-order valence-electron chi connectivity index (χ4n) is 6.50. The van der Waals surface area contributed by atoms with E-state index in [1.807, 2.05) is 48.5 Å². The highest BCUT2D eigenvalue weighted by Crippen LogP contribution is 2.64. The third-order valence-electron chi connectivity index (χ3n) is 7.81. The summed E-state index contributed by atoms with van der Waals surface area (Å²) in [5, 5.41) is 13.4. The van der Waals surface area contributed by atoms with Crippen molar-refractivity contribution < 1.29 is 19.4 Å². The van der Waals surface area contributed by atoms with Crippen molar-refractivity contribution in [1.29, 1.82) is 0 Å². The molecule has 3 aromatic carbocycles. The first-order valence-corrected chi connectivity index (χ1v) is 11.6. The summed E-state index contributed by atoms with van der Waals surface area (Å²) in [4.78, 5) is 24.3. The van der Waals surface area contributed by atoms with E-state index in [0.717, 1.165) is 16.8 Å². The van der Waals surface area contributed by atoms with Gasteiger partial charge in [-0.05, 0) is 84.4 Å². The average molecular weight is 440 g/mol. The van der Waals surface area contributed by atoms with Gasteiger partial charge in [-0.2, -0.15) is 0 Å². The van der Waals surface area contributed by atoms with Gasteiger partial charge in [-0.3, -0.25) is 0 Å². The summed E-state index contributed by atoms with van der Waals surface area (Å²) >= 11 is 0. The molecule has 5 heteroatoms. The molecule has 2 fully saturated rings. The highest BCUT2D eigenvalue weighted by molar-refractivity contribution is 5.95. The standard InChI is InChI=1S/C28H25NO4/c30-27(31)22-8-4-7-21-23-18-9-10-19(15-18)24(23)25(29-26(21)22)16-11-13-20(14-12-16)33-28(32)17-5-2-1-3-6-17/h1-8,11-14,18-19,23-25,29H,9-10,15H2,(H,30,31). The third-order valence-corrected chi connectivity index (χ3v) is 7.81. The third kappa shape index (κ3) is 3.30. The predicted octanol–water partition coefficient (Wildman–Crippen LogP) is 5.90. The highest BCUT2D eigenvalue weighted by atomic mass is 16.5. The van der Waals surface area contributed by atoms with Gasteiger partial charge in [0, 0.05) is 0 Å². The van der Waals surface area contributed by atoms with Crippen LogP contribution in [0.15, 0.2) is 72.8 Å². The van der Waals surface area contributed by atoms with Gasteiger partial charge < -0.3 is 15.2 Å². The van der Waals surface area contributed by atoms with Crippen LogP contribution in [0.25, 0.3) is 0 Å². The molecule has 6 rings (SSSR count). The van der Waals surface area contributed by atoms with Crippen molar-refractivity contribution in [1.82, 2.24) is 0 Å². The minimum Gasteiger partial charge on any atom is -0.478 e. The first-order valence-electron chi connectivity index (χ1n) is 11.6. The van der Waals surface area contributed by atoms with E-state index in [4.69, 9.17) is 4.74 Å². The van der Waals surface area contributed by atoms with E-state index in [9.17, 15) is 14.7 Å². The van der Waals surface area contributed by atoms with Crippen LogP contribution >= 0.6 is 0 Å². The van der Waals surface area contributed by atoms with Gasteiger partial charge in [0.25, 0.3) is 0 Å². The number of carbonyl (C=O) groups is 2. The maximum atomic E-state index is 12.4. The Morgan fingerprint density at radius 1 is 0.879 bits per heavy atom. The summed E-state index contributed by atoms with van der Waals surface area (Å²) in [7, 11) is 0. The van der Waals surface area contributed by atoms with Crippen LogP contribution in [-0.2, 0) is 0 Å². The van der Waals surface area contributed by atoms with Crippen LogP contribution in [0.3, 0.4) is 0 Å². The van der Waals surface area contributed by atoms with E-state index in [0.29, 0.717) is 40.5 Å². The molecule has 5 nitrogen and oxygen atoms in total. The Hall–Kier alpha value is -3.60. The van der Waals surface area contributed by atoms with Gasteiger partial charge in [-0.25, -0.2) is 9.59 Å². The van der Waals surface area contributed by atoms with Crippen molar-refractivity contribution in [2.75, 3.05) is 5.32 Å². The number of carbonyl (C=O) groups excluding carboxylic acids is 1. The van der Waals surface area contributed by atoms with Crippen LogP contribution in [0.4, 0.5) is 5.69 Å². The van der Waals surface area contributed by atoms with Gasteiger partial charge >= 0.3 is 11.9 Å². The molecule has 33 heavy (non-hydrogen) atoms. The Balaban J connectivity index is 1.32. The fraction of sp³-hybridized carbons (Fsp3) is 0.286. The molecule has 3 aromatic rings. The number of carboxylic acids is 1. The monoisotopic (exact) mass is 439 g/mol. The molecule has 5 unspecified atom stereocenters. The summed E-state index contributed by atoms with van der Waals surface area (Å²) in [6.45, 7) is 0. The second kappa shape index (κ2) is 7.77. The summed E-state index contributed by atoms with van der Waals surface area (Å²) in [5.74, 6) is 1.32. The zero-order chi connectivity index (χ0) is 22.5. The molecule has 0 aromatic heterocycles. The number of hydrogen-bond donors (Lipinski definition) is 2. The Bertz CT molecular complexity index is 1220. The van der Waals surface area contributed by atoms with Crippen molar-refractivity contribution in [3.8, 4) is 5.75 Å². The number of ether oxygens (including phenoxy) is 1. The Morgan fingerprint density at radius 2 is 1.64 bits per heavy atom. The molecule has 0 saturated heterocycles. The second-order valence-corrected chi connectivity index (χ2v) is 9.46. The predicted molar refractivity (Wildman–Crippen MR) is 125 cm³/mol. The number of fused-ring (bicyclic) bond motifs is 7. The molecule has 2 saturated carbocycles. The molecule has 166 valence electrons. The van der Waals surface area contributed by atoms with Crippen molar-refractivity contribution >= 4 is 17.6 Å². The minimum atomic E-state index is -0.900. The number of carboxylic acid groups (broad SMARTS) is 1. The van der Waals surface area contributed by atoms with Gasteiger partial charge in [0.05, 0.1) is 22.9 Å². The lowest BCUT2D eigenvalue weighted by Gasteiger charge is -2.44. The Morgan fingerprint density at radius 3 is 2.39 bits per heavy atom. The van der Waals surface area contributed by atoms with Crippen LogP contribution in [0.5, 0.6) is 5.75 Å². The molecule has 1 aliphatic heterocycles. The number of para-hydroxylation sites is 1. The number of aromatic carboxylic acids is 1. The van der Waals surface area contributed by atoms with Crippen LogP contribution in [0.1, 0.15) is 63.1 Å². The lowest BCUT2D eigenvalue weighted by molar-refractivity contribution is 0.0694. The lowest BCUT2D eigenvalue weighted by atomic mass is 9.67. The average Bonchev–Trinajstić information content (AvgIpc) is 3.47. The highest BCUT2D eigenvalue weighted by Gasteiger charge is 2.54. The van der Waals surface area contributed by atoms with Gasteiger partial charge in [0.2, 0.25) is 0 Å². The van der Waals surface area contributed by atoms with Crippen LogP contribution in [0.2, 0.25) is 0 Å². The van der Waals surface area contributed by atoms with Crippen LogP contribution in [0, 0.1) is 17.8 Å². The molecular weight excluding hydrogens is 414 g/mol. The number of benzene rings is 3. The Kier molecular flexibility index (Phi) is 4.72. The van der Waals surface area contributed by atoms with Crippen molar-refractivity contribution in [3.05, 3.63) is 95.1 Å². The number of hydrogen-bond acceptors (Lipinski definition) is 4. The lowest BCUT2D eigenvalue weighted by Crippen LogP contribution is -2.36. The van der Waals surface area contributed by atoms with Crippen LogP contribution < -0.4 is 10.1 Å². The van der Waals surface area contributed by atoms with Gasteiger partial charge in [-0.15, -0.1) is 0 Å². The molecule has 0 radical (unpaired) electrons. The Labute approximate surface area is 192 Å². The maximum Gasteiger partial charge on any atom is 0.343 e. The smallest absolute Gasteiger partial charge is 0.343 e. The second-order valence-electron chi connectivity index (χ2n) is 9.46. The van der Waals surface area contributed by atoms with E-state index in [2.05, 4.69) is 11.4 Å². The van der Waals surface area contributed by atoms with Crippen LogP contribution in [-0.4, -0.2) is 17.0 Å². The quantitative estimate of drug-likeness (QED) is 0.391. The first kappa shape index (κ1) is 20.0. The van der Waals surface area contributed by atoms with Crippen molar-refractivity contribution in [2.24, 2.45) is 17.8 Å². The minimum absolute atomic E-state index is 0.0391. The SMILES string of the molecule is O=C(Oc1ccc(C2Nc3c(C(=O)O)cccc3C3C4CCC(C4)C23)cc1)c1ccccc1. The van der Waals surface area contributed by atoms with E-state index in [1.165, 1.54) is 19.3 Å². The number of rotatable bonds is 4. The summed E-state index contributed by atoms with van der Waals surface area (Å²) < 4.78 is 5.55. The number of nitrogens with one attached hydrogen (secondary N) is 1. The van der Waals surface area contributed by atoms with Gasteiger partial charge in [0.1, 0.15) is 5.75 Å². The molecule has 0 amide bonds. The topological polar surface area (TPSA) is 75.6 Å². The molecule has 1 heterocycles. The van der Waals surface area contributed by atoms with E-state index < -0.39 is 5.97 Å². The first-order chi connectivity index (χ1) is 16.1. The zero-order valence-electron chi connectivity index (χ0n) is 18.1. The number of esters is 1. The molecule has 2 N–H and O–H groups in total. The van der Waals surface area contributed by atoms with Gasteiger partial charge in [0.15, 0.2) is 0 Å². The number of anilines is 1. The van der Waals surface area contributed by atoms with Crippen molar-refractivity contribution in [3.63, 3.8) is 0 Å². The normalized spacial score (nSPS) is 26.7. The van der Waals surface area contributed by atoms with Crippen molar-refractivity contribution in [2.45, 2.75) is 31.2 Å². The van der Waals surface area contributed by atoms with E-state index >= 15 is 0 Å². The fourth-order valence-corrected chi connectivity index (χ4v) is 6.50. The van der Waals surface area contributed by atoms with E-state index in [-0.39, 0.29) is 12.0 Å². The molecule has 0 spiro atoms. The zero-order valence-corrected chi connectivity index (χ0v) is 18.1. The summed E-state index contributed by atoms with van der Waals surface area (Å²) in [5.41, 5.74) is 3.88. The molecule has 3 aliphatic rings. The maximum absolute atomic E-state index is 12.4. The van der Waals surface area contributed by atoms with Gasteiger partial charge in [-0.1, -0.05) is 42.5 Å². The molecule has 5 atom stereocenters. The summed E-state index contributed by atoms with van der Waals surface area (Å²) in [6, 6.07) is 22.3. The molecule has 2 aliphatic carbocycles. The largest absolute Gasteiger partial charge is 0.478 e. The molecule has 2 bridgehead atoms.